The molecule has 1 fully saturated rings. The van der Waals surface area contributed by atoms with Crippen LogP contribution >= 0.6 is 23.2 Å². The van der Waals surface area contributed by atoms with Crippen molar-refractivity contribution in [1.29, 1.82) is 0 Å². The molecule has 0 saturated carbocycles. The van der Waals surface area contributed by atoms with E-state index >= 15 is 4.39 Å². The summed E-state index contributed by atoms with van der Waals surface area (Å²) in [4.78, 5) is 19.8. The van der Waals surface area contributed by atoms with Crippen molar-refractivity contribution in [3.05, 3.63) is 62.9 Å². The van der Waals surface area contributed by atoms with Gasteiger partial charge in [0.15, 0.2) is 5.82 Å². The van der Waals surface area contributed by atoms with Crippen molar-refractivity contribution in [2.75, 3.05) is 6.54 Å². The lowest BCUT2D eigenvalue weighted by Gasteiger charge is -2.45. The standard InChI is InChI=1S/C27H34Cl2F2N2O3/c1-16-13-27(24(34)36-25(2,3)4,10-11-33(16)15-17-8-7-9-19(28)22(17)30)14-20-23(31)18(26(5,6)35)12-21(29)32-20/h7-9,12,16,35H,10-11,13-15H2,1-6H3/t16-,27?/m1/s1. The Labute approximate surface area is 221 Å². The summed E-state index contributed by atoms with van der Waals surface area (Å²) >= 11 is 12.1. The predicted molar refractivity (Wildman–Crippen MR) is 137 cm³/mol. The molecular formula is C27H34Cl2F2N2O3. The van der Waals surface area contributed by atoms with Gasteiger partial charge in [0.25, 0.3) is 0 Å². The summed E-state index contributed by atoms with van der Waals surface area (Å²) in [5.41, 5.74) is -2.82. The molecule has 1 N–H and O–H groups in total. The van der Waals surface area contributed by atoms with Crippen LogP contribution in [0.4, 0.5) is 8.78 Å². The van der Waals surface area contributed by atoms with Gasteiger partial charge < -0.3 is 9.84 Å². The molecule has 1 aromatic carbocycles. The lowest BCUT2D eigenvalue weighted by molar-refractivity contribution is -0.172. The third kappa shape index (κ3) is 6.55. The maximum atomic E-state index is 15.5. The molecule has 5 nitrogen and oxygen atoms in total. The van der Waals surface area contributed by atoms with Crippen molar-refractivity contribution < 1.29 is 23.4 Å². The second-order valence-electron chi connectivity index (χ2n) is 11.3. The van der Waals surface area contributed by atoms with E-state index in [1.165, 1.54) is 26.0 Å². The highest BCUT2D eigenvalue weighted by Crippen LogP contribution is 2.42. The van der Waals surface area contributed by atoms with Crippen LogP contribution in [-0.4, -0.2) is 39.1 Å². The van der Waals surface area contributed by atoms with E-state index in [1.807, 2.05) is 6.92 Å². The first kappa shape index (κ1) is 28.8. The monoisotopic (exact) mass is 542 g/mol. The van der Waals surface area contributed by atoms with Crippen LogP contribution in [0.25, 0.3) is 0 Å². The van der Waals surface area contributed by atoms with Crippen LogP contribution in [0, 0.1) is 17.0 Å². The van der Waals surface area contributed by atoms with Crippen LogP contribution in [0.1, 0.15) is 71.2 Å². The Bertz CT molecular complexity index is 1130. The number of carbonyl (C=O) groups excluding carboxylic acids is 1. The molecule has 1 aromatic heterocycles. The van der Waals surface area contributed by atoms with Crippen molar-refractivity contribution in [3.8, 4) is 0 Å². The van der Waals surface area contributed by atoms with Crippen LogP contribution in [0.5, 0.6) is 0 Å². The number of carbonyl (C=O) groups is 1. The Morgan fingerprint density at radius 2 is 1.89 bits per heavy atom. The quantitative estimate of drug-likeness (QED) is 0.335. The van der Waals surface area contributed by atoms with Crippen molar-refractivity contribution in [3.63, 3.8) is 0 Å². The van der Waals surface area contributed by atoms with Gasteiger partial charge in [-0.25, -0.2) is 13.8 Å². The number of benzene rings is 1. The molecule has 1 saturated heterocycles. The summed E-state index contributed by atoms with van der Waals surface area (Å²) in [7, 11) is 0. The van der Waals surface area contributed by atoms with E-state index in [9.17, 15) is 14.3 Å². The highest BCUT2D eigenvalue weighted by molar-refractivity contribution is 6.30. The smallest absolute Gasteiger partial charge is 0.313 e. The van der Waals surface area contributed by atoms with E-state index in [4.69, 9.17) is 27.9 Å². The van der Waals surface area contributed by atoms with Gasteiger partial charge in [0.1, 0.15) is 16.6 Å². The first-order valence-corrected chi connectivity index (χ1v) is 12.8. The molecule has 198 valence electrons. The lowest BCUT2D eigenvalue weighted by atomic mass is 9.71. The minimum absolute atomic E-state index is 0.00650. The summed E-state index contributed by atoms with van der Waals surface area (Å²) in [6.45, 7) is 11.0. The molecule has 0 spiro atoms. The van der Waals surface area contributed by atoms with Crippen molar-refractivity contribution in [2.24, 2.45) is 5.41 Å². The number of halogens is 4. The number of ether oxygens (including phenoxy) is 1. The SMILES string of the molecule is C[C@@H]1CC(Cc2nc(Cl)cc(C(C)(C)O)c2F)(C(=O)OC(C)(C)C)CCN1Cc1cccc(Cl)c1F. The van der Waals surface area contributed by atoms with Gasteiger partial charge in [-0.15, -0.1) is 0 Å². The second-order valence-corrected chi connectivity index (χ2v) is 12.1. The van der Waals surface area contributed by atoms with Crippen LogP contribution < -0.4 is 0 Å². The van der Waals surface area contributed by atoms with Crippen LogP contribution in [-0.2, 0) is 28.1 Å². The summed E-state index contributed by atoms with van der Waals surface area (Å²) in [5, 5.41) is 10.5. The van der Waals surface area contributed by atoms with Gasteiger partial charge in [0.2, 0.25) is 0 Å². The van der Waals surface area contributed by atoms with E-state index in [1.54, 1.807) is 32.9 Å². The summed E-state index contributed by atoms with van der Waals surface area (Å²) in [5.74, 6) is -1.59. The Hall–Kier alpha value is -1.80. The highest BCUT2D eigenvalue weighted by Gasteiger charge is 2.47. The largest absolute Gasteiger partial charge is 0.460 e. The third-order valence-electron chi connectivity index (χ3n) is 6.58. The number of nitrogens with zero attached hydrogens (tertiary/aromatic N) is 2. The fraction of sp³-hybridized carbons (Fsp3) is 0.556. The molecule has 3 rings (SSSR count). The van der Waals surface area contributed by atoms with Gasteiger partial charge in [-0.1, -0.05) is 35.3 Å². The summed E-state index contributed by atoms with van der Waals surface area (Å²) < 4.78 is 35.8. The third-order valence-corrected chi connectivity index (χ3v) is 7.07. The van der Waals surface area contributed by atoms with Gasteiger partial charge in [-0.2, -0.15) is 0 Å². The minimum atomic E-state index is -1.48. The Balaban J connectivity index is 1.96. The molecule has 9 heteroatoms. The van der Waals surface area contributed by atoms with E-state index < -0.39 is 34.2 Å². The zero-order chi connectivity index (χ0) is 27.1. The summed E-state index contributed by atoms with van der Waals surface area (Å²) in [6, 6.07) is 6.04. The molecule has 0 amide bonds. The first-order valence-electron chi connectivity index (χ1n) is 12.0. The van der Waals surface area contributed by atoms with Crippen molar-refractivity contribution in [2.45, 2.75) is 84.6 Å². The molecule has 2 atom stereocenters. The number of pyridine rings is 1. The summed E-state index contributed by atoms with van der Waals surface area (Å²) in [6.07, 6.45) is 0.649. The molecule has 36 heavy (non-hydrogen) atoms. The molecule has 1 unspecified atom stereocenters. The highest BCUT2D eigenvalue weighted by atomic mass is 35.5. The van der Waals surface area contributed by atoms with Gasteiger partial charge in [-0.3, -0.25) is 9.69 Å². The molecule has 0 bridgehead atoms. The van der Waals surface area contributed by atoms with Gasteiger partial charge >= 0.3 is 5.97 Å². The number of likely N-dealkylation sites (tertiary alicyclic amines) is 1. The Kier molecular flexibility index (Phi) is 8.41. The normalized spacial score (nSPS) is 21.5. The predicted octanol–water partition coefficient (Wildman–Crippen LogP) is 6.45. The topological polar surface area (TPSA) is 62.7 Å². The zero-order valence-electron chi connectivity index (χ0n) is 21.6. The molecule has 0 radical (unpaired) electrons. The number of piperidine rings is 1. The fourth-order valence-corrected chi connectivity index (χ4v) is 5.14. The van der Waals surface area contributed by atoms with E-state index in [2.05, 4.69) is 9.88 Å². The van der Waals surface area contributed by atoms with E-state index in [-0.39, 0.29) is 33.9 Å². The van der Waals surface area contributed by atoms with Crippen LogP contribution in [0.15, 0.2) is 24.3 Å². The molecule has 1 aliphatic rings. The fourth-order valence-electron chi connectivity index (χ4n) is 4.73. The molecule has 0 aliphatic carbocycles. The molecule has 2 aromatic rings. The average Bonchev–Trinajstić information content (AvgIpc) is 2.73. The van der Waals surface area contributed by atoms with Crippen molar-refractivity contribution in [1.82, 2.24) is 9.88 Å². The molecule has 1 aliphatic heterocycles. The van der Waals surface area contributed by atoms with Gasteiger partial charge in [-0.05, 0) is 73.1 Å². The lowest BCUT2D eigenvalue weighted by Crippen LogP contribution is -2.51. The number of hydrogen-bond donors (Lipinski definition) is 1. The molecule has 2 heterocycles. The second kappa shape index (κ2) is 10.5. The molecular weight excluding hydrogens is 509 g/mol. The van der Waals surface area contributed by atoms with Crippen LogP contribution in [0.3, 0.4) is 0 Å². The van der Waals surface area contributed by atoms with E-state index in [0.717, 1.165) is 0 Å². The zero-order valence-corrected chi connectivity index (χ0v) is 23.1. The first-order chi connectivity index (χ1) is 16.5. The Morgan fingerprint density at radius 3 is 2.47 bits per heavy atom. The van der Waals surface area contributed by atoms with Crippen LogP contribution in [0.2, 0.25) is 10.2 Å². The minimum Gasteiger partial charge on any atom is -0.460 e. The Morgan fingerprint density at radius 1 is 1.22 bits per heavy atom. The average molecular weight is 543 g/mol. The van der Waals surface area contributed by atoms with Gasteiger partial charge in [0.05, 0.1) is 21.7 Å². The number of aromatic nitrogens is 1. The number of aliphatic hydroxyl groups is 1. The van der Waals surface area contributed by atoms with E-state index in [0.29, 0.717) is 31.5 Å². The maximum absolute atomic E-state index is 15.5. The van der Waals surface area contributed by atoms with Gasteiger partial charge in [0, 0.05) is 30.1 Å². The number of esters is 1. The number of rotatable bonds is 6. The van der Waals surface area contributed by atoms with Crippen molar-refractivity contribution >= 4 is 29.2 Å². The maximum Gasteiger partial charge on any atom is 0.313 e. The number of hydrogen-bond acceptors (Lipinski definition) is 5.